The second-order valence-corrected chi connectivity index (χ2v) is 7.58. The molecule has 1 heterocycles. The molecule has 1 saturated heterocycles. The van der Waals surface area contributed by atoms with Crippen LogP contribution in [-0.2, 0) is 0 Å². The van der Waals surface area contributed by atoms with Crippen LogP contribution >= 0.6 is 11.6 Å². The number of likely N-dealkylation sites (tertiary alicyclic amines) is 1. The molecule has 0 aliphatic carbocycles. The molecule has 1 aromatic carbocycles. The average Bonchev–Trinajstić information content (AvgIpc) is 2.80. The molecule has 1 aromatic rings. The van der Waals surface area contributed by atoms with Gasteiger partial charge in [0.15, 0.2) is 0 Å². The molecule has 3 unspecified atom stereocenters. The molecular formula is C17H27ClN2. The van der Waals surface area contributed by atoms with Crippen molar-refractivity contribution in [2.24, 2.45) is 17.1 Å². The van der Waals surface area contributed by atoms with Crippen molar-refractivity contribution >= 4 is 11.6 Å². The molecular weight excluding hydrogens is 268 g/mol. The lowest BCUT2D eigenvalue weighted by atomic mass is 9.80. The first-order valence-electron chi connectivity index (χ1n) is 7.54. The van der Waals surface area contributed by atoms with E-state index in [0.717, 1.165) is 24.0 Å². The van der Waals surface area contributed by atoms with E-state index in [1.165, 1.54) is 12.0 Å². The molecule has 0 bridgehead atoms. The highest BCUT2D eigenvalue weighted by Gasteiger charge is 2.36. The first kappa shape index (κ1) is 15.8. The lowest BCUT2D eigenvalue weighted by molar-refractivity contribution is 0.180. The lowest BCUT2D eigenvalue weighted by Gasteiger charge is -2.33. The standard InChI is InChI=1S/C17H27ClN2/c1-12(19)16(14-7-5-6-8-15(14)18)20-10-9-13(11-20)17(2,3)4/h5-8,12-13,16H,9-11,19H2,1-4H3. The summed E-state index contributed by atoms with van der Waals surface area (Å²) in [5.41, 5.74) is 7.80. The van der Waals surface area contributed by atoms with E-state index in [-0.39, 0.29) is 12.1 Å². The molecule has 0 radical (unpaired) electrons. The van der Waals surface area contributed by atoms with E-state index in [2.05, 4.69) is 38.7 Å². The van der Waals surface area contributed by atoms with Crippen molar-refractivity contribution in [3.8, 4) is 0 Å². The van der Waals surface area contributed by atoms with Gasteiger partial charge in [-0.1, -0.05) is 50.6 Å². The van der Waals surface area contributed by atoms with Crippen molar-refractivity contribution in [1.29, 1.82) is 0 Å². The fraction of sp³-hybridized carbons (Fsp3) is 0.647. The van der Waals surface area contributed by atoms with Crippen LogP contribution in [0.15, 0.2) is 24.3 Å². The fourth-order valence-electron chi connectivity index (χ4n) is 3.27. The van der Waals surface area contributed by atoms with Gasteiger partial charge in [-0.25, -0.2) is 0 Å². The zero-order valence-electron chi connectivity index (χ0n) is 13.1. The number of hydrogen-bond donors (Lipinski definition) is 1. The van der Waals surface area contributed by atoms with Crippen LogP contribution in [0, 0.1) is 11.3 Å². The molecule has 0 amide bonds. The minimum atomic E-state index is 0.0774. The quantitative estimate of drug-likeness (QED) is 0.909. The summed E-state index contributed by atoms with van der Waals surface area (Å²) in [6, 6.07) is 8.40. The van der Waals surface area contributed by atoms with Crippen LogP contribution < -0.4 is 5.73 Å². The summed E-state index contributed by atoms with van der Waals surface area (Å²) < 4.78 is 0. The van der Waals surface area contributed by atoms with Crippen LogP contribution in [0.2, 0.25) is 5.02 Å². The third-order valence-corrected chi connectivity index (χ3v) is 4.90. The number of hydrogen-bond acceptors (Lipinski definition) is 2. The Hall–Kier alpha value is -0.570. The van der Waals surface area contributed by atoms with E-state index in [9.17, 15) is 0 Å². The van der Waals surface area contributed by atoms with Gasteiger partial charge >= 0.3 is 0 Å². The van der Waals surface area contributed by atoms with Crippen LogP contribution in [0.5, 0.6) is 0 Å². The number of nitrogens with two attached hydrogens (primary N) is 1. The van der Waals surface area contributed by atoms with Gasteiger partial charge in [-0.2, -0.15) is 0 Å². The molecule has 20 heavy (non-hydrogen) atoms. The molecule has 2 nitrogen and oxygen atoms in total. The molecule has 2 rings (SSSR count). The summed E-state index contributed by atoms with van der Waals surface area (Å²) in [4.78, 5) is 2.52. The maximum absolute atomic E-state index is 6.39. The maximum atomic E-state index is 6.39. The molecule has 1 fully saturated rings. The maximum Gasteiger partial charge on any atom is 0.0511 e. The predicted molar refractivity (Wildman–Crippen MR) is 87.0 cm³/mol. The molecule has 2 N–H and O–H groups in total. The van der Waals surface area contributed by atoms with Crippen molar-refractivity contribution < 1.29 is 0 Å². The molecule has 3 heteroatoms. The zero-order valence-corrected chi connectivity index (χ0v) is 13.8. The summed E-state index contributed by atoms with van der Waals surface area (Å²) in [6.07, 6.45) is 1.25. The van der Waals surface area contributed by atoms with Crippen molar-refractivity contribution in [1.82, 2.24) is 4.90 Å². The summed E-state index contributed by atoms with van der Waals surface area (Å²) in [5, 5.41) is 0.828. The largest absolute Gasteiger partial charge is 0.326 e. The van der Waals surface area contributed by atoms with Crippen LogP contribution in [-0.4, -0.2) is 24.0 Å². The number of benzene rings is 1. The summed E-state index contributed by atoms with van der Waals surface area (Å²) in [5.74, 6) is 0.728. The molecule has 0 aromatic heterocycles. The summed E-state index contributed by atoms with van der Waals surface area (Å²) in [6.45, 7) is 11.3. The fourth-order valence-corrected chi connectivity index (χ4v) is 3.52. The second kappa shape index (κ2) is 6.05. The zero-order chi connectivity index (χ0) is 14.9. The van der Waals surface area contributed by atoms with E-state index < -0.39 is 0 Å². The Morgan fingerprint density at radius 1 is 1.30 bits per heavy atom. The first-order valence-corrected chi connectivity index (χ1v) is 7.92. The summed E-state index contributed by atoms with van der Waals surface area (Å²) in [7, 11) is 0. The minimum Gasteiger partial charge on any atom is -0.326 e. The van der Waals surface area contributed by atoms with Gasteiger partial charge in [-0.15, -0.1) is 0 Å². The van der Waals surface area contributed by atoms with Crippen LogP contribution in [0.1, 0.15) is 45.7 Å². The molecule has 1 aliphatic heterocycles. The van der Waals surface area contributed by atoms with Crippen molar-refractivity contribution in [2.75, 3.05) is 13.1 Å². The molecule has 112 valence electrons. The monoisotopic (exact) mass is 294 g/mol. The van der Waals surface area contributed by atoms with Crippen molar-refractivity contribution in [3.05, 3.63) is 34.9 Å². The Balaban J connectivity index is 2.22. The molecule has 3 atom stereocenters. The highest BCUT2D eigenvalue weighted by Crippen LogP contribution is 2.39. The number of nitrogens with zero attached hydrogens (tertiary/aromatic N) is 1. The van der Waals surface area contributed by atoms with Gasteiger partial charge in [0.1, 0.15) is 0 Å². The van der Waals surface area contributed by atoms with E-state index in [0.29, 0.717) is 5.41 Å². The highest BCUT2D eigenvalue weighted by atomic mass is 35.5. The van der Waals surface area contributed by atoms with Gasteiger partial charge in [0.05, 0.1) is 6.04 Å². The highest BCUT2D eigenvalue weighted by molar-refractivity contribution is 6.31. The van der Waals surface area contributed by atoms with Gasteiger partial charge < -0.3 is 5.73 Å². The van der Waals surface area contributed by atoms with E-state index in [1.54, 1.807) is 0 Å². The average molecular weight is 295 g/mol. The van der Waals surface area contributed by atoms with Crippen LogP contribution in [0.3, 0.4) is 0 Å². The van der Waals surface area contributed by atoms with E-state index in [4.69, 9.17) is 17.3 Å². The van der Waals surface area contributed by atoms with Crippen molar-refractivity contribution in [2.45, 2.75) is 46.2 Å². The lowest BCUT2D eigenvalue weighted by Crippen LogP contribution is -2.39. The second-order valence-electron chi connectivity index (χ2n) is 7.17. The van der Waals surface area contributed by atoms with E-state index >= 15 is 0 Å². The van der Waals surface area contributed by atoms with Gasteiger partial charge in [0.25, 0.3) is 0 Å². The normalized spacial score (nSPS) is 23.8. The number of halogens is 1. The van der Waals surface area contributed by atoms with Gasteiger partial charge in [0, 0.05) is 17.6 Å². The van der Waals surface area contributed by atoms with Crippen LogP contribution in [0.25, 0.3) is 0 Å². The van der Waals surface area contributed by atoms with E-state index in [1.807, 2.05) is 18.2 Å². The van der Waals surface area contributed by atoms with Crippen molar-refractivity contribution in [3.63, 3.8) is 0 Å². The Labute approximate surface area is 128 Å². The third-order valence-electron chi connectivity index (χ3n) is 4.56. The molecule has 0 spiro atoms. The van der Waals surface area contributed by atoms with Gasteiger partial charge in [-0.3, -0.25) is 4.90 Å². The first-order chi connectivity index (χ1) is 9.30. The van der Waals surface area contributed by atoms with Crippen LogP contribution in [0.4, 0.5) is 0 Å². The third kappa shape index (κ3) is 3.36. The minimum absolute atomic E-state index is 0.0774. The Morgan fingerprint density at radius 2 is 1.95 bits per heavy atom. The summed E-state index contributed by atoms with van der Waals surface area (Å²) >= 11 is 6.39. The topological polar surface area (TPSA) is 29.3 Å². The molecule has 0 saturated carbocycles. The van der Waals surface area contributed by atoms with Gasteiger partial charge in [0.2, 0.25) is 0 Å². The number of rotatable bonds is 3. The Kier molecular flexibility index (Phi) is 4.78. The Bertz CT molecular complexity index is 451. The predicted octanol–water partition coefficient (Wildman–Crippen LogP) is 4.10. The smallest absolute Gasteiger partial charge is 0.0511 e. The molecule has 1 aliphatic rings. The Morgan fingerprint density at radius 3 is 2.45 bits per heavy atom. The van der Waals surface area contributed by atoms with Gasteiger partial charge in [-0.05, 0) is 42.9 Å². The SMILES string of the molecule is CC(N)C(c1ccccc1Cl)N1CCC(C(C)(C)C)C1.